The molecule has 1 atom stereocenters. The van der Waals surface area contributed by atoms with Crippen LogP contribution in [0.3, 0.4) is 0 Å². The molecule has 2 aromatic rings. The second kappa shape index (κ2) is 8.39. The molecular formula is C20H21ClFN3O2. The van der Waals surface area contributed by atoms with Crippen LogP contribution >= 0.6 is 11.6 Å². The Balaban J connectivity index is 1.70. The standard InChI is InChI=1S/C20H21ClFN3O2/c1-13(26)23-19-12-15(8-9-18(19)22)24-20(27)25-10-4-6-16(25)11-14-5-2-3-7-17(14)21/h2-3,5,7-9,12,16H,4,6,10-11H2,1H3,(H,23,26)(H,24,27). The summed E-state index contributed by atoms with van der Waals surface area (Å²) in [5.41, 5.74) is 1.47. The molecule has 27 heavy (non-hydrogen) atoms. The molecule has 0 aliphatic carbocycles. The van der Waals surface area contributed by atoms with E-state index >= 15 is 0 Å². The summed E-state index contributed by atoms with van der Waals surface area (Å²) in [6, 6.07) is 11.5. The zero-order chi connectivity index (χ0) is 19.4. The highest BCUT2D eigenvalue weighted by Gasteiger charge is 2.29. The Morgan fingerprint density at radius 1 is 1.22 bits per heavy atom. The number of anilines is 2. The van der Waals surface area contributed by atoms with E-state index in [0.717, 1.165) is 18.4 Å². The van der Waals surface area contributed by atoms with Crippen molar-refractivity contribution in [3.8, 4) is 0 Å². The molecule has 1 unspecified atom stereocenters. The summed E-state index contributed by atoms with van der Waals surface area (Å²) < 4.78 is 13.8. The van der Waals surface area contributed by atoms with Gasteiger partial charge in [0.25, 0.3) is 0 Å². The van der Waals surface area contributed by atoms with Crippen molar-refractivity contribution in [3.63, 3.8) is 0 Å². The number of hydrogen-bond acceptors (Lipinski definition) is 2. The number of halogens is 2. The first-order chi connectivity index (χ1) is 12.9. The van der Waals surface area contributed by atoms with Crippen LogP contribution in [0.5, 0.6) is 0 Å². The Labute approximate surface area is 162 Å². The van der Waals surface area contributed by atoms with Crippen LogP contribution < -0.4 is 10.6 Å². The SMILES string of the molecule is CC(=O)Nc1cc(NC(=O)N2CCCC2Cc2ccccc2Cl)ccc1F. The zero-order valence-corrected chi connectivity index (χ0v) is 15.7. The van der Waals surface area contributed by atoms with Crippen LogP contribution in [0, 0.1) is 5.82 Å². The molecule has 2 N–H and O–H groups in total. The number of nitrogens with zero attached hydrogens (tertiary/aromatic N) is 1. The third-order valence-corrected chi connectivity index (χ3v) is 4.95. The molecule has 3 amide bonds. The van der Waals surface area contributed by atoms with Crippen molar-refractivity contribution in [2.24, 2.45) is 0 Å². The molecule has 1 saturated heterocycles. The lowest BCUT2D eigenvalue weighted by atomic mass is 10.0. The number of carbonyl (C=O) groups is 2. The topological polar surface area (TPSA) is 61.4 Å². The van der Waals surface area contributed by atoms with E-state index in [4.69, 9.17) is 11.6 Å². The van der Waals surface area contributed by atoms with E-state index in [1.165, 1.54) is 25.1 Å². The van der Waals surface area contributed by atoms with E-state index in [2.05, 4.69) is 10.6 Å². The van der Waals surface area contributed by atoms with E-state index in [0.29, 0.717) is 23.7 Å². The first-order valence-electron chi connectivity index (χ1n) is 8.82. The van der Waals surface area contributed by atoms with Crippen molar-refractivity contribution in [2.45, 2.75) is 32.2 Å². The van der Waals surface area contributed by atoms with Gasteiger partial charge in [-0.15, -0.1) is 0 Å². The lowest BCUT2D eigenvalue weighted by molar-refractivity contribution is -0.114. The number of hydrogen-bond donors (Lipinski definition) is 2. The fourth-order valence-electron chi connectivity index (χ4n) is 3.32. The maximum absolute atomic E-state index is 13.8. The lowest BCUT2D eigenvalue weighted by Gasteiger charge is -2.25. The minimum atomic E-state index is -0.555. The van der Waals surface area contributed by atoms with Gasteiger partial charge < -0.3 is 15.5 Å². The van der Waals surface area contributed by atoms with Crippen molar-refractivity contribution < 1.29 is 14.0 Å². The Hall–Kier alpha value is -2.60. The molecule has 0 aromatic heterocycles. The van der Waals surface area contributed by atoms with E-state index in [-0.39, 0.29) is 23.7 Å². The van der Waals surface area contributed by atoms with Crippen molar-refractivity contribution >= 4 is 34.9 Å². The molecule has 0 spiro atoms. The second-order valence-electron chi connectivity index (χ2n) is 6.59. The monoisotopic (exact) mass is 389 g/mol. The lowest BCUT2D eigenvalue weighted by Crippen LogP contribution is -2.39. The predicted molar refractivity (Wildman–Crippen MR) is 105 cm³/mol. The van der Waals surface area contributed by atoms with E-state index in [9.17, 15) is 14.0 Å². The fourth-order valence-corrected chi connectivity index (χ4v) is 3.53. The highest BCUT2D eigenvalue weighted by molar-refractivity contribution is 6.31. The number of benzene rings is 2. The van der Waals surface area contributed by atoms with Gasteiger partial charge >= 0.3 is 6.03 Å². The van der Waals surface area contributed by atoms with Crippen LogP contribution in [-0.4, -0.2) is 29.4 Å². The molecule has 1 aliphatic heterocycles. The van der Waals surface area contributed by atoms with Gasteiger partial charge in [-0.1, -0.05) is 29.8 Å². The average Bonchev–Trinajstić information content (AvgIpc) is 3.08. The van der Waals surface area contributed by atoms with Crippen molar-refractivity contribution in [1.82, 2.24) is 4.90 Å². The predicted octanol–water partition coefficient (Wildman–Crippen LogP) is 4.68. The van der Waals surface area contributed by atoms with Gasteiger partial charge in [0.1, 0.15) is 5.82 Å². The number of urea groups is 1. The van der Waals surface area contributed by atoms with Gasteiger partial charge in [0.2, 0.25) is 5.91 Å². The molecule has 1 heterocycles. The third-order valence-electron chi connectivity index (χ3n) is 4.58. The van der Waals surface area contributed by atoms with Crippen molar-refractivity contribution in [3.05, 3.63) is 58.9 Å². The molecule has 7 heteroatoms. The zero-order valence-electron chi connectivity index (χ0n) is 15.0. The van der Waals surface area contributed by atoms with Crippen LogP contribution in [0.2, 0.25) is 5.02 Å². The largest absolute Gasteiger partial charge is 0.324 e. The number of likely N-dealkylation sites (tertiary alicyclic amines) is 1. The Morgan fingerprint density at radius 3 is 2.74 bits per heavy atom. The van der Waals surface area contributed by atoms with Gasteiger partial charge in [-0.05, 0) is 49.1 Å². The highest BCUT2D eigenvalue weighted by atomic mass is 35.5. The molecule has 0 bridgehead atoms. The van der Waals surface area contributed by atoms with Crippen LogP contribution in [0.1, 0.15) is 25.3 Å². The summed E-state index contributed by atoms with van der Waals surface area (Å²) in [6.07, 6.45) is 2.51. The molecule has 1 aliphatic rings. The minimum Gasteiger partial charge on any atom is -0.324 e. The van der Waals surface area contributed by atoms with Crippen LogP contribution in [-0.2, 0) is 11.2 Å². The number of carbonyl (C=O) groups excluding carboxylic acids is 2. The second-order valence-corrected chi connectivity index (χ2v) is 7.00. The van der Waals surface area contributed by atoms with E-state index in [1.54, 1.807) is 4.90 Å². The quantitative estimate of drug-likeness (QED) is 0.797. The summed E-state index contributed by atoms with van der Waals surface area (Å²) >= 11 is 6.24. The van der Waals surface area contributed by atoms with E-state index < -0.39 is 5.82 Å². The van der Waals surface area contributed by atoms with Gasteiger partial charge in [-0.25, -0.2) is 9.18 Å². The molecular weight excluding hydrogens is 369 g/mol. The van der Waals surface area contributed by atoms with Crippen LogP contribution in [0.15, 0.2) is 42.5 Å². The molecule has 2 aromatic carbocycles. The Kier molecular flexibility index (Phi) is 5.96. The molecule has 142 valence electrons. The average molecular weight is 390 g/mol. The molecule has 3 rings (SSSR count). The first-order valence-corrected chi connectivity index (χ1v) is 9.20. The third kappa shape index (κ3) is 4.77. The summed E-state index contributed by atoms with van der Waals surface area (Å²) in [4.78, 5) is 25.7. The van der Waals surface area contributed by atoms with Gasteiger partial charge in [0.15, 0.2) is 0 Å². The smallest absolute Gasteiger partial charge is 0.322 e. The summed E-state index contributed by atoms with van der Waals surface area (Å²) in [5, 5.41) is 5.90. The number of nitrogens with one attached hydrogen (secondary N) is 2. The number of amides is 3. The molecule has 0 radical (unpaired) electrons. The Morgan fingerprint density at radius 2 is 2.00 bits per heavy atom. The molecule has 1 fully saturated rings. The normalized spacial score (nSPS) is 16.3. The van der Waals surface area contributed by atoms with Gasteiger partial charge in [-0.2, -0.15) is 0 Å². The summed E-state index contributed by atoms with van der Waals surface area (Å²) in [7, 11) is 0. The number of rotatable bonds is 4. The molecule has 0 saturated carbocycles. The molecule has 5 nitrogen and oxygen atoms in total. The van der Waals surface area contributed by atoms with Gasteiger partial charge in [-0.3, -0.25) is 4.79 Å². The van der Waals surface area contributed by atoms with Crippen molar-refractivity contribution in [2.75, 3.05) is 17.2 Å². The van der Waals surface area contributed by atoms with Crippen LogP contribution in [0.4, 0.5) is 20.6 Å². The highest BCUT2D eigenvalue weighted by Crippen LogP contribution is 2.26. The van der Waals surface area contributed by atoms with E-state index in [1.807, 2.05) is 24.3 Å². The Bertz CT molecular complexity index is 859. The maximum Gasteiger partial charge on any atom is 0.322 e. The minimum absolute atomic E-state index is 0.0364. The maximum atomic E-state index is 13.8. The fraction of sp³-hybridized carbons (Fsp3) is 0.300. The van der Waals surface area contributed by atoms with Crippen LogP contribution in [0.25, 0.3) is 0 Å². The summed E-state index contributed by atoms with van der Waals surface area (Å²) in [5.74, 6) is -0.933. The van der Waals surface area contributed by atoms with Gasteiger partial charge in [0.05, 0.1) is 5.69 Å². The van der Waals surface area contributed by atoms with Gasteiger partial charge in [0, 0.05) is 30.2 Å². The van der Waals surface area contributed by atoms with Crippen molar-refractivity contribution in [1.29, 1.82) is 0 Å². The first kappa shape index (κ1) is 19.2. The summed E-state index contributed by atoms with van der Waals surface area (Å²) in [6.45, 7) is 1.95.